The van der Waals surface area contributed by atoms with E-state index in [9.17, 15) is 0 Å². The van der Waals surface area contributed by atoms with Gasteiger partial charge in [-0.1, -0.05) is 30.3 Å². The Morgan fingerprint density at radius 1 is 1.08 bits per heavy atom. The maximum Gasteiger partial charge on any atom is 0.119 e. The first-order valence-electron chi connectivity index (χ1n) is 7.92. The second-order valence-electron chi connectivity index (χ2n) is 5.49. The number of aromatic nitrogens is 2. The van der Waals surface area contributed by atoms with Gasteiger partial charge in [0.1, 0.15) is 12.4 Å². The minimum absolute atomic E-state index is 0.0171. The second-order valence-corrected chi connectivity index (χ2v) is 5.49. The van der Waals surface area contributed by atoms with Crippen molar-refractivity contribution in [1.29, 1.82) is 0 Å². The molecular formula is C19H21N3O2. The van der Waals surface area contributed by atoms with Crippen molar-refractivity contribution < 1.29 is 9.84 Å². The highest BCUT2D eigenvalue weighted by Crippen LogP contribution is 2.23. The van der Waals surface area contributed by atoms with Crippen LogP contribution in [0.25, 0.3) is 11.3 Å². The number of aliphatic hydroxyl groups excluding tert-OH is 1. The monoisotopic (exact) mass is 323 g/mol. The largest absolute Gasteiger partial charge is 0.491 e. The number of nitrogens with one attached hydrogen (secondary N) is 1. The molecule has 0 aliphatic rings. The van der Waals surface area contributed by atoms with Crippen LogP contribution in [-0.2, 0) is 13.6 Å². The molecule has 0 radical (unpaired) electrons. The van der Waals surface area contributed by atoms with Crippen LogP contribution in [-0.4, -0.2) is 28.1 Å². The Morgan fingerprint density at radius 3 is 2.54 bits per heavy atom. The number of anilines is 1. The number of hydrogen-bond acceptors (Lipinski definition) is 4. The van der Waals surface area contributed by atoms with Crippen LogP contribution in [0.15, 0.2) is 60.8 Å². The number of ether oxygens (including phenoxy) is 1. The molecule has 0 amide bonds. The van der Waals surface area contributed by atoms with Crippen molar-refractivity contribution >= 4 is 5.69 Å². The Labute approximate surface area is 141 Å². The third-order valence-electron chi connectivity index (χ3n) is 3.65. The van der Waals surface area contributed by atoms with Crippen molar-refractivity contribution in [2.24, 2.45) is 7.05 Å². The topological polar surface area (TPSA) is 59.3 Å². The smallest absolute Gasteiger partial charge is 0.119 e. The average Bonchev–Trinajstić information content (AvgIpc) is 3.00. The van der Waals surface area contributed by atoms with Crippen molar-refractivity contribution in [3.05, 3.63) is 66.4 Å². The van der Waals surface area contributed by atoms with Crippen LogP contribution < -0.4 is 10.1 Å². The van der Waals surface area contributed by atoms with Crippen LogP contribution in [0.3, 0.4) is 0 Å². The first-order chi connectivity index (χ1) is 11.8. The van der Waals surface area contributed by atoms with Gasteiger partial charge in [-0.15, -0.1) is 0 Å². The summed E-state index contributed by atoms with van der Waals surface area (Å²) in [5.41, 5.74) is 4.26. The van der Waals surface area contributed by atoms with Crippen molar-refractivity contribution in [2.45, 2.75) is 6.54 Å². The second kappa shape index (κ2) is 7.66. The van der Waals surface area contributed by atoms with Crippen LogP contribution in [0.5, 0.6) is 5.75 Å². The molecule has 124 valence electrons. The molecule has 2 N–H and O–H groups in total. The predicted octanol–water partition coefficient (Wildman–Crippen LogP) is 3.07. The normalized spacial score (nSPS) is 10.6. The number of aliphatic hydroxyl groups is 1. The van der Waals surface area contributed by atoms with Gasteiger partial charge in [-0.2, -0.15) is 5.10 Å². The van der Waals surface area contributed by atoms with Gasteiger partial charge in [-0.05, 0) is 24.3 Å². The Morgan fingerprint density at radius 2 is 1.83 bits per heavy atom. The summed E-state index contributed by atoms with van der Waals surface area (Å²) in [5, 5.41) is 16.8. The highest BCUT2D eigenvalue weighted by Gasteiger charge is 2.09. The Hall–Kier alpha value is -2.79. The first-order valence-corrected chi connectivity index (χ1v) is 7.92. The summed E-state index contributed by atoms with van der Waals surface area (Å²) in [6.07, 6.45) is 2.04. The number of nitrogens with zero attached hydrogens (tertiary/aromatic N) is 2. The lowest BCUT2D eigenvalue weighted by molar-refractivity contribution is 0.201. The Balaban J connectivity index is 1.69. The summed E-state index contributed by atoms with van der Waals surface area (Å²) >= 11 is 0. The quantitative estimate of drug-likeness (QED) is 0.701. The van der Waals surface area contributed by atoms with E-state index in [1.165, 1.54) is 0 Å². The van der Waals surface area contributed by atoms with E-state index in [0.717, 1.165) is 28.3 Å². The maximum absolute atomic E-state index is 8.77. The fourth-order valence-electron chi connectivity index (χ4n) is 2.54. The van der Waals surface area contributed by atoms with E-state index in [1.807, 2.05) is 60.4 Å². The zero-order chi connectivity index (χ0) is 16.8. The molecule has 5 heteroatoms. The lowest BCUT2D eigenvalue weighted by Gasteiger charge is -2.08. The van der Waals surface area contributed by atoms with E-state index in [1.54, 1.807) is 0 Å². The third-order valence-corrected chi connectivity index (χ3v) is 3.65. The molecule has 1 aromatic heterocycles. The van der Waals surface area contributed by atoms with Gasteiger partial charge in [-0.25, -0.2) is 0 Å². The zero-order valence-corrected chi connectivity index (χ0v) is 13.6. The molecule has 5 nitrogen and oxygen atoms in total. The zero-order valence-electron chi connectivity index (χ0n) is 13.6. The van der Waals surface area contributed by atoms with Gasteiger partial charge in [0.15, 0.2) is 0 Å². The summed E-state index contributed by atoms with van der Waals surface area (Å²) in [7, 11) is 1.93. The van der Waals surface area contributed by atoms with E-state index in [2.05, 4.69) is 22.5 Å². The number of hydrogen-bond donors (Lipinski definition) is 2. The van der Waals surface area contributed by atoms with Crippen LogP contribution in [0.4, 0.5) is 5.69 Å². The van der Waals surface area contributed by atoms with Gasteiger partial charge in [-0.3, -0.25) is 4.68 Å². The molecule has 0 aliphatic carbocycles. The van der Waals surface area contributed by atoms with Gasteiger partial charge >= 0.3 is 0 Å². The number of rotatable bonds is 7. The fourth-order valence-corrected chi connectivity index (χ4v) is 2.54. The molecule has 0 atom stereocenters. The summed E-state index contributed by atoms with van der Waals surface area (Å²) < 4.78 is 7.20. The fraction of sp³-hybridized carbons (Fsp3) is 0.211. The SMILES string of the molecule is Cn1cc(CNc2ccc(OCCO)cc2)c(-c2ccccc2)n1. The highest BCUT2D eigenvalue weighted by atomic mass is 16.5. The molecular weight excluding hydrogens is 302 g/mol. The summed E-state index contributed by atoms with van der Waals surface area (Å²) in [4.78, 5) is 0. The van der Waals surface area contributed by atoms with Crippen LogP contribution in [0, 0.1) is 0 Å². The average molecular weight is 323 g/mol. The molecule has 3 aromatic rings. The standard InChI is InChI=1S/C19H21N3O2/c1-22-14-16(19(21-22)15-5-3-2-4-6-15)13-20-17-7-9-18(10-8-17)24-12-11-23/h2-10,14,20,23H,11-13H2,1H3. The van der Waals surface area contributed by atoms with Crippen molar-refractivity contribution in [1.82, 2.24) is 9.78 Å². The molecule has 3 rings (SSSR count). The summed E-state index contributed by atoms with van der Waals surface area (Å²) in [6, 6.07) is 17.9. The molecule has 24 heavy (non-hydrogen) atoms. The first kappa shape index (κ1) is 16.1. The van der Waals surface area contributed by atoms with E-state index in [4.69, 9.17) is 9.84 Å². The van der Waals surface area contributed by atoms with Crippen molar-refractivity contribution in [3.63, 3.8) is 0 Å². The van der Waals surface area contributed by atoms with Crippen LogP contribution in [0.1, 0.15) is 5.56 Å². The molecule has 1 heterocycles. The lowest BCUT2D eigenvalue weighted by Crippen LogP contribution is -2.02. The molecule has 0 fully saturated rings. The Bertz CT molecular complexity index is 767. The van der Waals surface area contributed by atoms with E-state index >= 15 is 0 Å². The predicted molar refractivity (Wildman–Crippen MR) is 95.0 cm³/mol. The number of benzene rings is 2. The summed E-state index contributed by atoms with van der Waals surface area (Å²) in [5.74, 6) is 0.751. The van der Waals surface area contributed by atoms with E-state index in [0.29, 0.717) is 13.2 Å². The molecule has 0 aliphatic heterocycles. The van der Waals surface area contributed by atoms with Crippen LogP contribution in [0.2, 0.25) is 0 Å². The highest BCUT2D eigenvalue weighted by molar-refractivity contribution is 5.63. The molecule has 2 aromatic carbocycles. The van der Waals surface area contributed by atoms with Gasteiger partial charge in [0.05, 0.1) is 12.3 Å². The van der Waals surface area contributed by atoms with Gasteiger partial charge in [0.25, 0.3) is 0 Å². The van der Waals surface area contributed by atoms with Crippen molar-refractivity contribution in [3.8, 4) is 17.0 Å². The van der Waals surface area contributed by atoms with Gasteiger partial charge < -0.3 is 15.2 Å². The van der Waals surface area contributed by atoms with Crippen LogP contribution >= 0.6 is 0 Å². The molecule has 0 saturated heterocycles. The molecule has 0 spiro atoms. The molecule has 0 unspecified atom stereocenters. The summed E-state index contributed by atoms with van der Waals surface area (Å²) in [6.45, 7) is 1.01. The lowest BCUT2D eigenvalue weighted by atomic mass is 10.1. The third kappa shape index (κ3) is 3.94. The molecule has 0 bridgehead atoms. The maximum atomic E-state index is 8.77. The molecule has 0 saturated carbocycles. The van der Waals surface area contributed by atoms with E-state index < -0.39 is 0 Å². The Kier molecular flexibility index (Phi) is 5.13. The van der Waals surface area contributed by atoms with Gasteiger partial charge in [0, 0.05) is 36.6 Å². The minimum atomic E-state index is 0.0171. The van der Waals surface area contributed by atoms with Gasteiger partial charge in [0.2, 0.25) is 0 Å². The minimum Gasteiger partial charge on any atom is -0.491 e. The number of aryl methyl sites for hydroxylation is 1. The van der Waals surface area contributed by atoms with Crippen molar-refractivity contribution in [2.75, 3.05) is 18.5 Å². The van der Waals surface area contributed by atoms with E-state index in [-0.39, 0.29) is 6.61 Å².